The molecule has 0 radical (unpaired) electrons. The van der Waals surface area contributed by atoms with Gasteiger partial charge in [0.2, 0.25) is 0 Å². The number of rotatable bonds is 0. The van der Waals surface area contributed by atoms with Crippen molar-refractivity contribution in [3.63, 3.8) is 0 Å². The quantitative estimate of drug-likeness (QED) is 0.710. The minimum absolute atomic E-state index is 0.138. The topological polar surface area (TPSA) is 55.5 Å². The Bertz CT molecular complexity index is 327. The molecule has 1 atom stereocenters. The molecule has 0 spiro atoms. The number of phenols is 1. The van der Waals surface area contributed by atoms with Crippen LogP contribution < -0.4 is 10.5 Å². The van der Waals surface area contributed by atoms with E-state index in [1.54, 1.807) is 12.1 Å². The molecule has 1 aromatic rings. The van der Waals surface area contributed by atoms with Crippen molar-refractivity contribution in [3.8, 4) is 11.5 Å². The van der Waals surface area contributed by atoms with Crippen LogP contribution in [-0.4, -0.2) is 11.7 Å². The van der Waals surface area contributed by atoms with Crippen molar-refractivity contribution in [2.75, 3.05) is 6.61 Å². The van der Waals surface area contributed by atoms with E-state index in [1.807, 2.05) is 0 Å². The average Bonchev–Trinajstić information content (AvgIpc) is 2.42. The molecule has 1 heterocycles. The molecule has 3 N–H and O–H groups in total. The third-order valence-electron chi connectivity index (χ3n) is 1.90. The van der Waals surface area contributed by atoms with Crippen molar-refractivity contribution in [1.29, 1.82) is 0 Å². The van der Waals surface area contributed by atoms with Crippen LogP contribution in [0.4, 0.5) is 0 Å². The fourth-order valence-corrected chi connectivity index (χ4v) is 1.92. The third-order valence-corrected chi connectivity index (χ3v) is 2.59. The highest BCUT2D eigenvalue weighted by atomic mass is 79.9. The molecule has 64 valence electrons. The minimum atomic E-state index is -0.138. The van der Waals surface area contributed by atoms with Crippen LogP contribution in [0.5, 0.6) is 11.5 Å². The molecule has 0 saturated heterocycles. The highest BCUT2D eigenvalue weighted by Gasteiger charge is 2.25. The molecule has 1 unspecified atom stereocenters. The van der Waals surface area contributed by atoms with E-state index in [9.17, 15) is 5.11 Å². The Morgan fingerprint density at radius 1 is 1.58 bits per heavy atom. The highest BCUT2D eigenvalue weighted by molar-refractivity contribution is 9.10. The smallest absolute Gasteiger partial charge is 0.167 e. The monoisotopic (exact) mass is 229 g/mol. The summed E-state index contributed by atoms with van der Waals surface area (Å²) in [5, 5.41) is 9.37. The summed E-state index contributed by atoms with van der Waals surface area (Å²) in [5.41, 5.74) is 6.61. The molecule has 3 nitrogen and oxygen atoms in total. The molecular formula is C8H8BrNO2. The van der Waals surface area contributed by atoms with E-state index < -0.39 is 0 Å². The normalized spacial score (nSPS) is 20.3. The molecule has 1 aliphatic rings. The van der Waals surface area contributed by atoms with Gasteiger partial charge in [-0.3, -0.25) is 0 Å². The summed E-state index contributed by atoms with van der Waals surface area (Å²) in [6.07, 6.45) is 0. The molecule has 0 aromatic heterocycles. The van der Waals surface area contributed by atoms with Gasteiger partial charge in [0, 0.05) is 10.0 Å². The number of aromatic hydroxyl groups is 1. The Morgan fingerprint density at radius 2 is 2.33 bits per heavy atom. The number of benzene rings is 1. The summed E-state index contributed by atoms with van der Waals surface area (Å²) in [5.74, 6) is 0.665. The van der Waals surface area contributed by atoms with Crippen LogP contribution >= 0.6 is 15.9 Å². The van der Waals surface area contributed by atoms with Crippen LogP contribution in [0.2, 0.25) is 0 Å². The van der Waals surface area contributed by atoms with Gasteiger partial charge in [-0.2, -0.15) is 0 Å². The largest absolute Gasteiger partial charge is 0.504 e. The van der Waals surface area contributed by atoms with Gasteiger partial charge in [0.1, 0.15) is 6.61 Å². The third kappa shape index (κ3) is 0.990. The Morgan fingerprint density at radius 3 is 3.00 bits per heavy atom. The Balaban J connectivity index is 2.64. The first-order valence-corrected chi connectivity index (χ1v) is 4.39. The number of phenolic OH excluding ortho intramolecular Hbond substituents is 1. The minimum Gasteiger partial charge on any atom is -0.504 e. The van der Waals surface area contributed by atoms with Gasteiger partial charge in [-0.1, -0.05) is 15.9 Å². The zero-order chi connectivity index (χ0) is 8.72. The summed E-state index contributed by atoms with van der Waals surface area (Å²) in [6, 6.07) is 3.21. The first-order valence-electron chi connectivity index (χ1n) is 3.60. The zero-order valence-corrected chi connectivity index (χ0v) is 7.84. The zero-order valence-electron chi connectivity index (χ0n) is 6.25. The van der Waals surface area contributed by atoms with Crippen LogP contribution in [0.25, 0.3) is 0 Å². The summed E-state index contributed by atoms with van der Waals surface area (Å²) in [7, 11) is 0. The second-order valence-electron chi connectivity index (χ2n) is 2.73. The van der Waals surface area contributed by atoms with Crippen LogP contribution in [0.1, 0.15) is 11.6 Å². The van der Waals surface area contributed by atoms with Gasteiger partial charge in [-0.25, -0.2) is 0 Å². The fourth-order valence-electron chi connectivity index (χ4n) is 1.32. The molecule has 4 heteroatoms. The first kappa shape index (κ1) is 7.89. The van der Waals surface area contributed by atoms with Crippen molar-refractivity contribution < 1.29 is 9.84 Å². The van der Waals surface area contributed by atoms with Crippen LogP contribution in [-0.2, 0) is 0 Å². The van der Waals surface area contributed by atoms with Crippen molar-refractivity contribution in [2.24, 2.45) is 5.73 Å². The van der Waals surface area contributed by atoms with Crippen molar-refractivity contribution in [3.05, 3.63) is 22.2 Å². The van der Waals surface area contributed by atoms with Gasteiger partial charge < -0.3 is 15.6 Å². The molecule has 0 aliphatic carbocycles. The van der Waals surface area contributed by atoms with Gasteiger partial charge in [-0.15, -0.1) is 0 Å². The van der Waals surface area contributed by atoms with E-state index in [4.69, 9.17) is 10.5 Å². The molecule has 0 saturated carbocycles. The second-order valence-corrected chi connectivity index (χ2v) is 3.58. The number of ether oxygens (including phenoxy) is 1. The first-order chi connectivity index (χ1) is 5.70. The molecule has 2 rings (SSSR count). The van der Waals surface area contributed by atoms with E-state index >= 15 is 0 Å². The fraction of sp³-hybridized carbons (Fsp3) is 0.250. The van der Waals surface area contributed by atoms with Crippen molar-refractivity contribution in [1.82, 2.24) is 0 Å². The highest BCUT2D eigenvalue weighted by Crippen LogP contribution is 2.42. The number of halogens is 1. The van der Waals surface area contributed by atoms with Gasteiger partial charge in [0.05, 0.1) is 6.04 Å². The van der Waals surface area contributed by atoms with E-state index in [-0.39, 0.29) is 11.8 Å². The van der Waals surface area contributed by atoms with Crippen molar-refractivity contribution in [2.45, 2.75) is 6.04 Å². The maximum atomic E-state index is 9.37. The predicted molar refractivity (Wildman–Crippen MR) is 48.2 cm³/mol. The molecule has 0 bridgehead atoms. The molecule has 1 aromatic carbocycles. The molecule has 0 amide bonds. The van der Waals surface area contributed by atoms with Gasteiger partial charge >= 0.3 is 0 Å². The molecule has 0 fully saturated rings. The van der Waals surface area contributed by atoms with Crippen LogP contribution in [0.15, 0.2) is 16.6 Å². The average molecular weight is 230 g/mol. The van der Waals surface area contributed by atoms with E-state index in [0.29, 0.717) is 12.4 Å². The Kier molecular flexibility index (Phi) is 1.73. The molecular weight excluding hydrogens is 222 g/mol. The Labute approximate surface area is 78.3 Å². The number of nitrogens with two attached hydrogens (primary N) is 1. The number of hydrogen-bond donors (Lipinski definition) is 2. The summed E-state index contributed by atoms with van der Waals surface area (Å²) >= 11 is 3.35. The Hall–Kier alpha value is -0.740. The van der Waals surface area contributed by atoms with E-state index in [2.05, 4.69) is 15.9 Å². The summed E-state index contributed by atoms with van der Waals surface area (Å²) in [4.78, 5) is 0. The summed E-state index contributed by atoms with van der Waals surface area (Å²) < 4.78 is 6.11. The maximum Gasteiger partial charge on any atom is 0.167 e. The van der Waals surface area contributed by atoms with E-state index in [1.165, 1.54) is 0 Å². The lowest BCUT2D eigenvalue weighted by Crippen LogP contribution is -2.11. The van der Waals surface area contributed by atoms with Crippen molar-refractivity contribution >= 4 is 15.9 Å². The lowest BCUT2D eigenvalue weighted by molar-refractivity contribution is 0.317. The number of fused-ring (bicyclic) bond motifs is 1. The van der Waals surface area contributed by atoms with Gasteiger partial charge in [-0.05, 0) is 12.1 Å². The predicted octanol–water partition coefficient (Wildman–Crippen LogP) is 1.55. The second kappa shape index (κ2) is 2.64. The van der Waals surface area contributed by atoms with E-state index in [0.717, 1.165) is 10.0 Å². The maximum absolute atomic E-state index is 9.37. The molecule has 1 aliphatic heterocycles. The van der Waals surface area contributed by atoms with Gasteiger partial charge in [0.25, 0.3) is 0 Å². The SMILES string of the molecule is NC1COc2c(O)ccc(Br)c21. The lowest BCUT2D eigenvalue weighted by Gasteiger charge is -2.04. The number of hydrogen-bond acceptors (Lipinski definition) is 3. The van der Waals surface area contributed by atoms with Crippen LogP contribution in [0, 0.1) is 0 Å². The lowest BCUT2D eigenvalue weighted by atomic mass is 10.1. The summed E-state index contributed by atoms with van der Waals surface area (Å²) in [6.45, 7) is 0.436. The van der Waals surface area contributed by atoms with Gasteiger partial charge in [0.15, 0.2) is 11.5 Å². The standard InChI is InChI=1S/C8H8BrNO2/c9-4-1-2-6(11)8-7(4)5(10)3-12-8/h1-2,5,11H,3,10H2. The molecule has 12 heavy (non-hydrogen) atoms. The van der Waals surface area contributed by atoms with Crippen LogP contribution in [0.3, 0.4) is 0 Å².